The molecule has 0 fully saturated rings. The van der Waals surface area contributed by atoms with Crippen LogP contribution in [0.25, 0.3) is 0 Å². The number of phosphoric acid groups is 2. The summed E-state index contributed by atoms with van der Waals surface area (Å²) in [5.74, 6) is -1.30. The van der Waals surface area contributed by atoms with Crippen molar-refractivity contribution < 1.29 is 80.2 Å². The van der Waals surface area contributed by atoms with Crippen LogP contribution >= 0.6 is 15.6 Å². The third-order valence-electron chi connectivity index (χ3n) is 19.3. The maximum absolute atomic E-state index is 13.1. The number of hydrogen-bond acceptors (Lipinski definition) is 15. The molecule has 0 aliphatic rings. The number of hydrogen-bond donors (Lipinski definition) is 3. The van der Waals surface area contributed by atoms with Gasteiger partial charge in [0.2, 0.25) is 0 Å². The Morgan fingerprint density at radius 1 is 0.267 bits per heavy atom. The Kier molecular flexibility index (Phi) is 73.5. The molecule has 0 amide bonds. The number of rotatable bonds is 82. The van der Waals surface area contributed by atoms with Crippen LogP contribution in [0.5, 0.6) is 0 Å². The van der Waals surface area contributed by atoms with Gasteiger partial charge in [-0.1, -0.05) is 388 Å². The van der Waals surface area contributed by atoms with Crippen LogP contribution in [-0.4, -0.2) is 96.7 Å². The number of esters is 4. The average molecular weight is 1480 g/mol. The summed E-state index contributed by atoms with van der Waals surface area (Å²) >= 11 is 0. The van der Waals surface area contributed by atoms with E-state index in [1.165, 1.54) is 250 Å². The fourth-order valence-electron chi connectivity index (χ4n) is 12.8. The Labute approximate surface area is 619 Å². The van der Waals surface area contributed by atoms with Gasteiger partial charge in [-0.3, -0.25) is 37.3 Å². The third kappa shape index (κ3) is 76.1. The number of phosphoric ester groups is 2. The number of ether oxygens (including phenoxy) is 4. The Balaban J connectivity index is 5.16. The summed E-state index contributed by atoms with van der Waals surface area (Å²) < 4.78 is 68.6. The predicted molar refractivity (Wildman–Crippen MR) is 414 cm³/mol. The first-order valence-electron chi connectivity index (χ1n) is 42.6. The smallest absolute Gasteiger partial charge is 0.462 e. The van der Waals surface area contributed by atoms with E-state index in [1.807, 2.05) is 0 Å². The average Bonchev–Trinajstić information content (AvgIpc) is 0.973. The molecule has 0 aromatic heterocycles. The zero-order valence-corrected chi connectivity index (χ0v) is 67.8. The molecule has 0 heterocycles. The van der Waals surface area contributed by atoms with Gasteiger partial charge in [0.1, 0.15) is 19.3 Å². The summed E-state index contributed by atoms with van der Waals surface area (Å²) in [5.41, 5.74) is 0. The largest absolute Gasteiger partial charge is 0.472 e. The van der Waals surface area contributed by atoms with Crippen molar-refractivity contribution in [3.63, 3.8) is 0 Å². The lowest BCUT2D eigenvalue weighted by Crippen LogP contribution is -2.30. The Bertz CT molecular complexity index is 1930. The van der Waals surface area contributed by atoms with Crippen molar-refractivity contribution in [3.05, 3.63) is 0 Å². The van der Waals surface area contributed by atoms with Gasteiger partial charge in [-0.05, 0) is 31.6 Å². The number of aliphatic hydroxyl groups excluding tert-OH is 1. The number of aliphatic hydroxyl groups is 1. The summed E-state index contributed by atoms with van der Waals surface area (Å²) in [5, 5.41) is 10.6. The van der Waals surface area contributed by atoms with Crippen LogP contribution in [0.1, 0.15) is 439 Å². The quantitative estimate of drug-likeness (QED) is 0.0222. The SMILES string of the molecule is CCCCCCCCCCCCCCCCCCCCCCCCC(=O)O[C@H](COC(=O)CCCCCCCCCCCCCCCCCC(C)C)COP(=O)(O)OC[C@@H](O)COP(=O)(O)OC[C@@H](COC(=O)CCCCCCCCC)OC(=O)CCCCCCCCCCCCCCCC. The number of carbonyl (C=O) groups excluding carboxylic acids is 4. The first-order valence-corrected chi connectivity index (χ1v) is 45.6. The van der Waals surface area contributed by atoms with Crippen LogP contribution in [0.4, 0.5) is 0 Å². The maximum atomic E-state index is 13.1. The molecule has 0 aromatic carbocycles. The predicted octanol–water partition coefficient (Wildman–Crippen LogP) is 24.8. The molecule has 0 aromatic rings. The third-order valence-corrected chi connectivity index (χ3v) is 21.2. The highest BCUT2D eigenvalue weighted by Crippen LogP contribution is 2.45. The first-order chi connectivity index (χ1) is 49.0. The molecule has 0 aliphatic carbocycles. The van der Waals surface area contributed by atoms with Gasteiger partial charge in [0.05, 0.1) is 26.4 Å². The number of carbonyl (C=O) groups is 4. The lowest BCUT2D eigenvalue weighted by Gasteiger charge is -2.21. The van der Waals surface area contributed by atoms with Crippen molar-refractivity contribution in [2.45, 2.75) is 457 Å². The summed E-state index contributed by atoms with van der Waals surface area (Å²) in [6.07, 6.45) is 66.9. The standard InChI is InChI=1S/C82H160O17P2/c1-6-9-12-15-18-20-22-24-26-27-28-29-30-31-32-35-40-44-48-53-58-63-68-82(87)99-78(72-93-80(85)66-61-56-51-46-42-39-36-33-34-37-41-45-50-54-59-64-75(4)5)74-97-101(90,91)95-70-76(83)69-94-100(88,89)96-73-77(71-92-79(84)65-60-55-49-17-14-11-8-3)98-81(86)67-62-57-52-47-43-38-25-23-21-19-16-13-10-7-2/h75-78,83H,6-74H2,1-5H3,(H,88,89)(H,90,91)/t76-,77+,78+/m0/s1. The zero-order valence-electron chi connectivity index (χ0n) is 66.1. The van der Waals surface area contributed by atoms with E-state index >= 15 is 0 Å². The Morgan fingerprint density at radius 2 is 0.455 bits per heavy atom. The molecule has 3 N–H and O–H groups in total. The van der Waals surface area contributed by atoms with Crippen molar-refractivity contribution in [1.82, 2.24) is 0 Å². The van der Waals surface area contributed by atoms with E-state index in [1.54, 1.807) is 0 Å². The van der Waals surface area contributed by atoms with Crippen LogP contribution in [0.2, 0.25) is 0 Å². The van der Waals surface area contributed by atoms with Crippen LogP contribution < -0.4 is 0 Å². The van der Waals surface area contributed by atoms with E-state index in [4.69, 9.17) is 37.0 Å². The zero-order chi connectivity index (χ0) is 74.1. The fraction of sp³-hybridized carbons (Fsp3) is 0.951. The normalized spacial score (nSPS) is 13.8. The van der Waals surface area contributed by atoms with E-state index in [0.29, 0.717) is 25.7 Å². The lowest BCUT2D eigenvalue weighted by molar-refractivity contribution is -0.161. The van der Waals surface area contributed by atoms with Gasteiger partial charge in [-0.2, -0.15) is 0 Å². The Morgan fingerprint density at radius 3 is 0.673 bits per heavy atom. The minimum Gasteiger partial charge on any atom is -0.462 e. The summed E-state index contributed by atoms with van der Waals surface area (Å²) in [6.45, 7) is 7.32. The van der Waals surface area contributed by atoms with Crippen LogP contribution in [0, 0.1) is 5.92 Å². The number of unbranched alkanes of at least 4 members (excludes halogenated alkanes) is 54. The van der Waals surface area contributed by atoms with Crippen LogP contribution in [-0.2, 0) is 65.4 Å². The molecule has 0 radical (unpaired) electrons. The van der Waals surface area contributed by atoms with E-state index < -0.39 is 97.5 Å². The van der Waals surface area contributed by atoms with Gasteiger partial charge in [-0.25, -0.2) is 9.13 Å². The van der Waals surface area contributed by atoms with E-state index in [0.717, 1.165) is 109 Å². The Hall–Kier alpha value is -1.94. The minimum atomic E-state index is -4.96. The van der Waals surface area contributed by atoms with E-state index in [-0.39, 0.29) is 25.7 Å². The van der Waals surface area contributed by atoms with Crippen molar-refractivity contribution in [2.75, 3.05) is 39.6 Å². The minimum absolute atomic E-state index is 0.108. The van der Waals surface area contributed by atoms with E-state index in [9.17, 15) is 43.2 Å². The molecule has 19 heteroatoms. The molecule has 0 aliphatic heterocycles. The molecule has 101 heavy (non-hydrogen) atoms. The van der Waals surface area contributed by atoms with Gasteiger partial charge in [0.15, 0.2) is 12.2 Å². The molecule has 0 saturated heterocycles. The fourth-order valence-corrected chi connectivity index (χ4v) is 14.3. The summed E-state index contributed by atoms with van der Waals surface area (Å²) in [6, 6.07) is 0. The van der Waals surface area contributed by atoms with Crippen molar-refractivity contribution in [2.24, 2.45) is 5.92 Å². The highest BCUT2D eigenvalue weighted by atomic mass is 31.2. The lowest BCUT2D eigenvalue weighted by atomic mass is 10.0. The molecule has 0 bridgehead atoms. The molecule has 17 nitrogen and oxygen atoms in total. The molecule has 0 rings (SSSR count). The molecular formula is C82H160O17P2. The van der Waals surface area contributed by atoms with Gasteiger partial charge >= 0.3 is 39.5 Å². The van der Waals surface area contributed by atoms with Gasteiger partial charge in [-0.15, -0.1) is 0 Å². The second-order valence-electron chi connectivity index (χ2n) is 30.0. The van der Waals surface area contributed by atoms with Gasteiger partial charge < -0.3 is 33.8 Å². The van der Waals surface area contributed by atoms with Crippen molar-refractivity contribution >= 4 is 39.5 Å². The van der Waals surface area contributed by atoms with Gasteiger partial charge in [0, 0.05) is 25.7 Å². The highest BCUT2D eigenvalue weighted by Gasteiger charge is 2.30. The molecular weight excluding hydrogens is 1320 g/mol. The van der Waals surface area contributed by atoms with E-state index in [2.05, 4.69) is 34.6 Å². The topological polar surface area (TPSA) is 237 Å². The molecule has 2 unspecified atom stereocenters. The monoisotopic (exact) mass is 1480 g/mol. The molecule has 0 saturated carbocycles. The second-order valence-corrected chi connectivity index (χ2v) is 32.9. The molecule has 5 atom stereocenters. The summed E-state index contributed by atoms with van der Waals surface area (Å²) in [4.78, 5) is 72.9. The maximum Gasteiger partial charge on any atom is 0.472 e. The molecule has 600 valence electrons. The van der Waals surface area contributed by atoms with Crippen LogP contribution in [0.3, 0.4) is 0 Å². The second kappa shape index (κ2) is 74.9. The van der Waals surface area contributed by atoms with Crippen molar-refractivity contribution in [1.29, 1.82) is 0 Å². The van der Waals surface area contributed by atoms with Crippen LogP contribution in [0.15, 0.2) is 0 Å². The molecule has 0 spiro atoms. The van der Waals surface area contributed by atoms with Crippen molar-refractivity contribution in [3.8, 4) is 0 Å². The van der Waals surface area contributed by atoms with Gasteiger partial charge in [0.25, 0.3) is 0 Å². The first kappa shape index (κ1) is 99.1. The highest BCUT2D eigenvalue weighted by molar-refractivity contribution is 7.47. The summed E-state index contributed by atoms with van der Waals surface area (Å²) in [7, 11) is -9.91.